The van der Waals surface area contributed by atoms with E-state index in [-0.39, 0.29) is 22.5 Å². The molecule has 2 amide bonds. The van der Waals surface area contributed by atoms with E-state index in [0.717, 1.165) is 18.9 Å². The number of nitrogens with zero attached hydrogens (tertiary/aromatic N) is 2. The number of carbonyl (C=O) groups excluding carboxylic acids is 1. The number of nitrogens with one attached hydrogen (secondary N) is 1. The number of carbonyl (C=O) groups is 1. The van der Waals surface area contributed by atoms with Gasteiger partial charge in [0.15, 0.2) is 0 Å². The zero-order chi connectivity index (χ0) is 19.9. The Morgan fingerprint density at radius 2 is 1.89 bits per heavy atom. The van der Waals surface area contributed by atoms with Gasteiger partial charge in [0.25, 0.3) is 0 Å². The van der Waals surface area contributed by atoms with Gasteiger partial charge in [-0.25, -0.2) is 17.6 Å². The highest BCUT2D eigenvalue weighted by atomic mass is 32.2. The van der Waals surface area contributed by atoms with Crippen molar-refractivity contribution >= 4 is 16.1 Å². The number of piperidine rings is 1. The Balaban J connectivity index is 1.50. The number of aryl methyl sites for hydroxylation is 1. The van der Waals surface area contributed by atoms with Crippen LogP contribution in [0.25, 0.3) is 0 Å². The fourth-order valence-electron chi connectivity index (χ4n) is 4.68. The van der Waals surface area contributed by atoms with Crippen molar-refractivity contribution in [2.75, 3.05) is 32.8 Å². The van der Waals surface area contributed by atoms with Gasteiger partial charge in [-0.1, -0.05) is 6.07 Å². The predicted molar refractivity (Wildman–Crippen MR) is 101 cm³/mol. The molecule has 1 aromatic carbocycles. The molecule has 0 saturated carbocycles. The number of amides is 2. The van der Waals surface area contributed by atoms with Gasteiger partial charge >= 0.3 is 6.03 Å². The summed E-state index contributed by atoms with van der Waals surface area (Å²) >= 11 is 0. The van der Waals surface area contributed by atoms with Crippen LogP contribution in [0.2, 0.25) is 0 Å². The number of benzene rings is 1. The molecule has 28 heavy (non-hydrogen) atoms. The lowest BCUT2D eigenvalue weighted by Crippen LogP contribution is -2.57. The summed E-state index contributed by atoms with van der Waals surface area (Å²) in [4.78, 5) is 14.5. The summed E-state index contributed by atoms with van der Waals surface area (Å²) in [5.41, 5.74) is 0.309. The number of sulfonamides is 1. The molecule has 0 atom stereocenters. The predicted octanol–water partition coefficient (Wildman–Crippen LogP) is 1.86. The van der Waals surface area contributed by atoms with Crippen LogP contribution < -0.4 is 5.32 Å². The van der Waals surface area contributed by atoms with Gasteiger partial charge in [-0.15, -0.1) is 0 Å². The maximum absolute atomic E-state index is 13.6. The third kappa shape index (κ3) is 3.29. The Morgan fingerprint density at radius 3 is 2.57 bits per heavy atom. The number of hydrogen-bond acceptors (Lipinski definition) is 4. The molecule has 0 radical (unpaired) electrons. The third-order valence-corrected chi connectivity index (χ3v) is 8.32. The average Bonchev–Trinajstić information content (AvgIpc) is 3.00. The fraction of sp³-hybridized carbons (Fsp3) is 0.632. The molecular weight excluding hydrogens is 385 g/mol. The molecule has 1 N–H and O–H groups in total. The van der Waals surface area contributed by atoms with Crippen molar-refractivity contribution in [3.8, 4) is 0 Å². The highest BCUT2D eigenvalue weighted by Crippen LogP contribution is 2.36. The molecule has 3 heterocycles. The first-order valence-electron chi connectivity index (χ1n) is 9.75. The Bertz CT molecular complexity index is 862. The maximum Gasteiger partial charge on any atom is 0.318 e. The Kier molecular flexibility index (Phi) is 5.09. The second kappa shape index (κ2) is 7.27. The van der Waals surface area contributed by atoms with E-state index < -0.39 is 15.8 Å². The number of ether oxygens (including phenoxy) is 1. The fourth-order valence-corrected chi connectivity index (χ4v) is 6.39. The van der Waals surface area contributed by atoms with Gasteiger partial charge in [-0.3, -0.25) is 0 Å². The summed E-state index contributed by atoms with van der Waals surface area (Å²) in [5.74, 6) is -0.561. The summed E-state index contributed by atoms with van der Waals surface area (Å²) in [6, 6.07) is 3.77. The summed E-state index contributed by atoms with van der Waals surface area (Å²) < 4.78 is 46.5. The second-order valence-electron chi connectivity index (χ2n) is 7.91. The first kappa shape index (κ1) is 19.6. The van der Waals surface area contributed by atoms with Crippen LogP contribution in [0.5, 0.6) is 0 Å². The van der Waals surface area contributed by atoms with Crippen LogP contribution in [0.1, 0.15) is 31.2 Å². The first-order chi connectivity index (χ1) is 13.3. The Hall–Kier alpha value is -1.71. The third-order valence-electron chi connectivity index (χ3n) is 6.28. The van der Waals surface area contributed by atoms with Gasteiger partial charge in [-0.05, 0) is 50.3 Å². The van der Waals surface area contributed by atoms with Crippen LogP contribution in [0.4, 0.5) is 9.18 Å². The first-order valence-corrected chi connectivity index (χ1v) is 11.2. The molecule has 1 spiro atoms. The summed E-state index contributed by atoms with van der Waals surface area (Å²) in [6.45, 7) is 4.20. The van der Waals surface area contributed by atoms with E-state index in [1.807, 2.05) is 4.90 Å². The average molecular weight is 411 g/mol. The van der Waals surface area contributed by atoms with Crippen LogP contribution in [0, 0.1) is 12.7 Å². The molecule has 0 bridgehead atoms. The van der Waals surface area contributed by atoms with E-state index in [2.05, 4.69) is 5.32 Å². The van der Waals surface area contributed by atoms with Gasteiger partial charge in [0, 0.05) is 38.9 Å². The van der Waals surface area contributed by atoms with Crippen LogP contribution in [-0.4, -0.2) is 68.1 Å². The van der Waals surface area contributed by atoms with E-state index in [1.54, 1.807) is 6.92 Å². The smallest absolute Gasteiger partial charge is 0.318 e. The maximum atomic E-state index is 13.6. The van der Waals surface area contributed by atoms with E-state index >= 15 is 0 Å². The quantitative estimate of drug-likeness (QED) is 0.824. The number of halogens is 1. The summed E-state index contributed by atoms with van der Waals surface area (Å²) in [5, 5.41) is 2.97. The minimum Gasteiger partial charge on any atom is -0.381 e. The molecule has 9 heteroatoms. The SMILES string of the molecule is Cc1ccc(F)cc1S(=O)(=O)N1CCC(N2C(=O)NCC23CCOCC3)CC1. The number of hydrogen-bond donors (Lipinski definition) is 1. The number of rotatable bonds is 3. The van der Waals surface area contributed by atoms with Gasteiger partial charge in [0.05, 0.1) is 10.4 Å². The van der Waals surface area contributed by atoms with E-state index in [0.29, 0.717) is 51.3 Å². The van der Waals surface area contributed by atoms with Gasteiger partial charge in [0.2, 0.25) is 10.0 Å². The molecule has 0 aromatic heterocycles. The van der Waals surface area contributed by atoms with Crippen molar-refractivity contribution in [2.24, 2.45) is 0 Å². The van der Waals surface area contributed by atoms with E-state index in [4.69, 9.17) is 4.74 Å². The largest absolute Gasteiger partial charge is 0.381 e. The van der Waals surface area contributed by atoms with Crippen LogP contribution in [-0.2, 0) is 14.8 Å². The van der Waals surface area contributed by atoms with Crippen molar-refractivity contribution in [1.29, 1.82) is 0 Å². The van der Waals surface area contributed by atoms with Crippen LogP contribution in [0.15, 0.2) is 23.1 Å². The lowest BCUT2D eigenvalue weighted by Gasteiger charge is -2.46. The molecule has 3 aliphatic rings. The molecule has 154 valence electrons. The van der Waals surface area contributed by atoms with Gasteiger partial charge < -0.3 is 15.0 Å². The summed E-state index contributed by atoms with van der Waals surface area (Å²) in [7, 11) is -3.75. The minimum atomic E-state index is -3.75. The van der Waals surface area contributed by atoms with Crippen molar-refractivity contribution < 1.29 is 22.3 Å². The van der Waals surface area contributed by atoms with Crippen molar-refractivity contribution in [3.63, 3.8) is 0 Å². The Morgan fingerprint density at radius 1 is 1.21 bits per heavy atom. The molecule has 3 saturated heterocycles. The highest BCUT2D eigenvalue weighted by Gasteiger charge is 2.50. The Labute approximate surface area is 164 Å². The lowest BCUT2D eigenvalue weighted by atomic mass is 9.87. The molecule has 1 aromatic rings. The molecule has 0 aliphatic carbocycles. The molecule has 3 aliphatic heterocycles. The lowest BCUT2D eigenvalue weighted by molar-refractivity contribution is -0.0121. The van der Waals surface area contributed by atoms with E-state index in [1.165, 1.54) is 16.4 Å². The molecule has 7 nitrogen and oxygen atoms in total. The van der Waals surface area contributed by atoms with Crippen LogP contribution in [0.3, 0.4) is 0 Å². The number of urea groups is 1. The summed E-state index contributed by atoms with van der Waals surface area (Å²) in [6.07, 6.45) is 2.74. The highest BCUT2D eigenvalue weighted by molar-refractivity contribution is 7.89. The van der Waals surface area contributed by atoms with Gasteiger partial charge in [0.1, 0.15) is 5.82 Å². The van der Waals surface area contributed by atoms with Crippen molar-refractivity contribution in [1.82, 2.24) is 14.5 Å². The van der Waals surface area contributed by atoms with Crippen molar-refractivity contribution in [2.45, 2.75) is 49.1 Å². The minimum absolute atomic E-state index is 0.000608. The molecule has 0 unspecified atom stereocenters. The zero-order valence-electron chi connectivity index (χ0n) is 16.0. The zero-order valence-corrected chi connectivity index (χ0v) is 16.8. The van der Waals surface area contributed by atoms with Crippen LogP contribution >= 0.6 is 0 Å². The second-order valence-corrected chi connectivity index (χ2v) is 9.82. The van der Waals surface area contributed by atoms with Gasteiger partial charge in [-0.2, -0.15) is 4.31 Å². The normalized spacial score (nSPS) is 23.9. The van der Waals surface area contributed by atoms with Crippen molar-refractivity contribution in [3.05, 3.63) is 29.6 Å². The molecule has 4 rings (SSSR count). The molecule has 3 fully saturated rings. The molecular formula is C19H26FN3O4S. The monoisotopic (exact) mass is 411 g/mol. The topological polar surface area (TPSA) is 79.0 Å². The van der Waals surface area contributed by atoms with E-state index in [9.17, 15) is 17.6 Å². The standard InChI is InChI=1S/C19H26FN3O4S/c1-14-2-3-15(20)12-17(14)28(25,26)22-8-4-16(5-9-22)23-18(24)21-13-19(23)6-10-27-11-7-19/h2-3,12,16H,4-11,13H2,1H3,(H,21,24).